The second-order valence-corrected chi connectivity index (χ2v) is 7.24. The molecule has 4 heteroatoms. The van der Waals surface area contributed by atoms with Crippen LogP contribution in [0.15, 0.2) is 0 Å². The Morgan fingerprint density at radius 2 is 1.10 bits per heavy atom. The van der Waals surface area contributed by atoms with E-state index in [1.54, 1.807) is 0 Å². The Bertz CT molecular complexity index is 306. The average molecular weight is 282 g/mol. The van der Waals surface area contributed by atoms with E-state index in [0.717, 1.165) is 12.8 Å². The summed E-state index contributed by atoms with van der Waals surface area (Å²) < 4.78 is 0. The van der Waals surface area contributed by atoms with Gasteiger partial charge in [-0.3, -0.25) is 9.80 Å². The zero-order valence-electron chi connectivity index (χ0n) is 12.9. The molecule has 4 nitrogen and oxygen atoms in total. The molecule has 0 aromatic carbocycles. The standard InChI is InChI=1S/2C8H15NO/c2*1-9-6-3-2-4-7(9)8(10)5-6/h2*6-8,10H,2-5H2,1H3/t2*6?,7-,8?/m11/s1. The molecule has 0 radical (unpaired) electrons. The van der Waals surface area contributed by atoms with Crippen LogP contribution < -0.4 is 0 Å². The van der Waals surface area contributed by atoms with Gasteiger partial charge in [0.1, 0.15) is 0 Å². The fraction of sp³-hybridized carbons (Fsp3) is 1.00. The van der Waals surface area contributed by atoms with Crippen LogP contribution >= 0.6 is 0 Å². The monoisotopic (exact) mass is 282 g/mol. The third-order valence-electron chi connectivity index (χ3n) is 6.19. The van der Waals surface area contributed by atoms with Crippen molar-refractivity contribution in [2.45, 2.75) is 87.7 Å². The lowest BCUT2D eigenvalue weighted by Crippen LogP contribution is -2.38. The van der Waals surface area contributed by atoms with Gasteiger partial charge in [-0.2, -0.15) is 0 Å². The molecule has 0 saturated carbocycles. The SMILES string of the molecule is CN1C2CCC[C@@H]1C(O)C2.CN1C2CCC[C@@H]1C(O)C2. The van der Waals surface area contributed by atoms with Crippen molar-refractivity contribution in [3.63, 3.8) is 0 Å². The van der Waals surface area contributed by atoms with Gasteiger partial charge >= 0.3 is 0 Å². The molecule has 4 fully saturated rings. The lowest BCUT2D eigenvalue weighted by Gasteiger charge is -2.30. The number of piperidine rings is 2. The first kappa shape index (κ1) is 14.8. The van der Waals surface area contributed by atoms with Crippen molar-refractivity contribution < 1.29 is 10.2 Å². The van der Waals surface area contributed by atoms with E-state index in [2.05, 4.69) is 23.9 Å². The van der Waals surface area contributed by atoms with Gasteiger partial charge in [-0.25, -0.2) is 0 Å². The predicted molar refractivity (Wildman–Crippen MR) is 79.6 cm³/mol. The van der Waals surface area contributed by atoms with Crippen LogP contribution in [0.4, 0.5) is 0 Å². The van der Waals surface area contributed by atoms with E-state index in [9.17, 15) is 10.2 Å². The molecule has 4 saturated heterocycles. The summed E-state index contributed by atoms with van der Waals surface area (Å²) in [5, 5.41) is 19.1. The van der Waals surface area contributed by atoms with Gasteiger partial charge < -0.3 is 10.2 Å². The molecule has 0 aromatic rings. The minimum atomic E-state index is -0.0301. The highest BCUT2D eigenvalue weighted by Crippen LogP contribution is 2.34. The molecule has 2 N–H and O–H groups in total. The second-order valence-electron chi connectivity index (χ2n) is 7.24. The summed E-state index contributed by atoms with van der Waals surface area (Å²) in [6.45, 7) is 0. The molecule has 4 heterocycles. The highest BCUT2D eigenvalue weighted by Gasteiger charge is 2.40. The van der Waals surface area contributed by atoms with E-state index in [1.807, 2.05) is 0 Å². The molecule has 4 bridgehead atoms. The topological polar surface area (TPSA) is 46.9 Å². The maximum absolute atomic E-state index is 9.53. The van der Waals surface area contributed by atoms with Crippen LogP contribution in [0.5, 0.6) is 0 Å². The number of rotatable bonds is 0. The van der Waals surface area contributed by atoms with E-state index in [-0.39, 0.29) is 12.2 Å². The van der Waals surface area contributed by atoms with Gasteiger partial charge in [0.25, 0.3) is 0 Å². The first-order chi connectivity index (χ1) is 9.58. The first-order valence-corrected chi connectivity index (χ1v) is 8.38. The van der Waals surface area contributed by atoms with Gasteiger partial charge in [-0.05, 0) is 52.6 Å². The summed E-state index contributed by atoms with van der Waals surface area (Å²) in [6, 6.07) is 2.35. The number of hydrogen-bond donors (Lipinski definition) is 2. The van der Waals surface area contributed by atoms with Crippen LogP contribution in [0.1, 0.15) is 51.4 Å². The quantitative estimate of drug-likeness (QED) is 0.701. The molecule has 0 aliphatic carbocycles. The van der Waals surface area contributed by atoms with E-state index < -0.39 is 0 Å². The minimum Gasteiger partial charge on any atom is -0.391 e. The minimum absolute atomic E-state index is 0.0301. The van der Waals surface area contributed by atoms with Gasteiger partial charge in [0.05, 0.1) is 12.2 Å². The van der Waals surface area contributed by atoms with Crippen molar-refractivity contribution in [1.82, 2.24) is 9.80 Å². The maximum atomic E-state index is 9.53. The summed E-state index contributed by atoms with van der Waals surface area (Å²) >= 11 is 0. The lowest BCUT2D eigenvalue weighted by atomic mass is 10.0. The van der Waals surface area contributed by atoms with Crippen LogP contribution in [0.3, 0.4) is 0 Å². The molecule has 0 amide bonds. The Kier molecular flexibility index (Phi) is 4.37. The molecule has 4 rings (SSSR count). The van der Waals surface area contributed by atoms with E-state index in [1.165, 1.54) is 38.5 Å². The average Bonchev–Trinajstić information content (AvgIpc) is 2.72. The normalized spacial score (nSPS) is 48.0. The highest BCUT2D eigenvalue weighted by molar-refractivity contribution is 4.96. The van der Waals surface area contributed by atoms with Crippen LogP contribution in [-0.2, 0) is 0 Å². The second kappa shape index (κ2) is 5.91. The number of aliphatic hydroxyl groups excluding tert-OH is 2. The molecule has 0 spiro atoms. The Morgan fingerprint density at radius 3 is 1.40 bits per heavy atom. The maximum Gasteiger partial charge on any atom is 0.0710 e. The lowest BCUT2D eigenvalue weighted by molar-refractivity contribution is 0.103. The zero-order valence-corrected chi connectivity index (χ0v) is 12.9. The fourth-order valence-electron chi connectivity index (χ4n) is 4.85. The van der Waals surface area contributed by atoms with Crippen molar-refractivity contribution in [1.29, 1.82) is 0 Å². The number of nitrogens with zero attached hydrogens (tertiary/aromatic N) is 2. The molecular weight excluding hydrogens is 252 g/mol. The smallest absolute Gasteiger partial charge is 0.0710 e. The van der Waals surface area contributed by atoms with E-state index >= 15 is 0 Å². The molecule has 4 aliphatic rings. The molecular formula is C16H30N2O2. The van der Waals surface area contributed by atoms with Crippen molar-refractivity contribution >= 4 is 0 Å². The van der Waals surface area contributed by atoms with E-state index in [0.29, 0.717) is 24.2 Å². The van der Waals surface area contributed by atoms with Gasteiger partial charge in [0, 0.05) is 24.2 Å². The summed E-state index contributed by atoms with van der Waals surface area (Å²) in [5.41, 5.74) is 0. The number of likely N-dealkylation sites (N-methyl/N-ethyl adjacent to an activating group) is 2. The Balaban J connectivity index is 0.000000121. The molecule has 116 valence electrons. The van der Waals surface area contributed by atoms with Crippen LogP contribution in [0.25, 0.3) is 0 Å². The Hall–Kier alpha value is -0.160. The predicted octanol–water partition coefficient (Wildman–Crippen LogP) is 1.21. The molecule has 6 atom stereocenters. The van der Waals surface area contributed by atoms with Crippen molar-refractivity contribution in [2.75, 3.05) is 14.1 Å². The zero-order chi connectivity index (χ0) is 14.3. The number of hydrogen-bond acceptors (Lipinski definition) is 4. The van der Waals surface area contributed by atoms with Gasteiger partial charge in [0.2, 0.25) is 0 Å². The molecule has 4 unspecified atom stereocenters. The van der Waals surface area contributed by atoms with Gasteiger partial charge in [-0.15, -0.1) is 0 Å². The van der Waals surface area contributed by atoms with Crippen LogP contribution in [0, 0.1) is 0 Å². The summed E-state index contributed by atoms with van der Waals surface area (Å²) in [5.74, 6) is 0. The van der Waals surface area contributed by atoms with E-state index in [4.69, 9.17) is 0 Å². The van der Waals surface area contributed by atoms with Gasteiger partial charge in [-0.1, -0.05) is 12.8 Å². The van der Waals surface area contributed by atoms with Crippen molar-refractivity contribution in [3.8, 4) is 0 Å². The third kappa shape index (κ3) is 2.63. The summed E-state index contributed by atoms with van der Waals surface area (Å²) in [6.07, 6.45) is 9.60. The Labute approximate surface area is 122 Å². The van der Waals surface area contributed by atoms with Crippen molar-refractivity contribution in [3.05, 3.63) is 0 Å². The molecule has 4 aliphatic heterocycles. The molecule has 0 aromatic heterocycles. The van der Waals surface area contributed by atoms with Crippen LogP contribution in [0.2, 0.25) is 0 Å². The number of aliphatic hydroxyl groups is 2. The first-order valence-electron chi connectivity index (χ1n) is 8.38. The Morgan fingerprint density at radius 1 is 0.700 bits per heavy atom. The summed E-state index contributed by atoms with van der Waals surface area (Å²) in [7, 11) is 4.29. The third-order valence-corrected chi connectivity index (χ3v) is 6.19. The summed E-state index contributed by atoms with van der Waals surface area (Å²) in [4.78, 5) is 4.71. The molecule has 20 heavy (non-hydrogen) atoms. The largest absolute Gasteiger partial charge is 0.391 e. The number of fused-ring (bicyclic) bond motifs is 4. The fourth-order valence-corrected chi connectivity index (χ4v) is 4.85. The highest BCUT2D eigenvalue weighted by atomic mass is 16.3. The van der Waals surface area contributed by atoms with Crippen LogP contribution in [-0.4, -0.2) is 70.5 Å². The van der Waals surface area contributed by atoms with Gasteiger partial charge in [0.15, 0.2) is 0 Å². The van der Waals surface area contributed by atoms with Crippen molar-refractivity contribution in [2.24, 2.45) is 0 Å².